The average molecular weight is 373 g/mol. The Kier molecular flexibility index (Phi) is 6.20. The van der Waals surface area contributed by atoms with Crippen LogP contribution in [-0.2, 0) is 9.53 Å². The van der Waals surface area contributed by atoms with E-state index in [1.165, 1.54) is 0 Å². The van der Waals surface area contributed by atoms with Gasteiger partial charge in [-0.05, 0) is 50.7 Å². The highest BCUT2D eigenvalue weighted by Crippen LogP contribution is 2.38. The third-order valence-electron chi connectivity index (χ3n) is 5.75. The van der Waals surface area contributed by atoms with E-state index >= 15 is 0 Å². The fourth-order valence-electron chi connectivity index (χ4n) is 4.06. The summed E-state index contributed by atoms with van der Waals surface area (Å²) in [6, 6.07) is 7.60. The molecule has 2 heterocycles. The van der Waals surface area contributed by atoms with Crippen molar-refractivity contribution in [1.29, 1.82) is 0 Å². The second-order valence-electron chi connectivity index (χ2n) is 8.52. The molecule has 0 saturated carbocycles. The summed E-state index contributed by atoms with van der Waals surface area (Å²) in [5.41, 5.74) is 1.73. The summed E-state index contributed by atoms with van der Waals surface area (Å²) in [5.74, 6) is 0.617. The molecule has 1 atom stereocenters. The van der Waals surface area contributed by atoms with E-state index in [0.717, 1.165) is 44.3 Å². The summed E-state index contributed by atoms with van der Waals surface area (Å²) in [6.45, 7) is 8.29. The number of aryl methyl sites for hydroxylation is 1. The zero-order valence-corrected chi connectivity index (χ0v) is 16.8. The van der Waals surface area contributed by atoms with Gasteiger partial charge in [0, 0.05) is 31.6 Å². The highest BCUT2D eigenvalue weighted by Gasteiger charge is 2.43. The van der Waals surface area contributed by atoms with E-state index in [1.807, 2.05) is 36.1 Å². The zero-order chi connectivity index (χ0) is 19.4. The normalized spacial score (nSPS) is 21.6. The Morgan fingerprint density at radius 2 is 1.85 bits per heavy atom. The summed E-state index contributed by atoms with van der Waals surface area (Å²) in [4.78, 5) is 26.5. The van der Waals surface area contributed by atoms with Crippen molar-refractivity contribution in [3.63, 3.8) is 0 Å². The highest BCUT2D eigenvalue weighted by atomic mass is 16.5. The van der Waals surface area contributed by atoms with Crippen molar-refractivity contribution < 1.29 is 14.3 Å². The van der Waals surface area contributed by atoms with Gasteiger partial charge in [-0.15, -0.1) is 0 Å². The number of likely N-dealkylation sites (tertiary alicyclic amines) is 1. The van der Waals surface area contributed by atoms with Crippen molar-refractivity contribution in [3.8, 4) is 0 Å². The number of hydrogen-bond acceptors (Lipinski definition) is 3. The number of hydrogen-bond donors (Lipinski definition) is 1. The molecule has 1 aromatic carbocycles. The molecule has 0 unspecified atom stereocenters. The molecule has 1 aromatic rings. The fourth-order valence-corrected chi connectivity index (χ4v) is 4.06. The molecule has 5 heteroatoms. The number of rotatable bonds is 5. The Morgan fingerprint density at radius 1 is 1.19 bits per heavy atom. The first kappa shape index (κ1) is 19.9. The predicted molar refractivity (Wildman–Crippen MR) is 106 cm³/mol. The van der Waals surface area contributed by atoms with Gasteiger partial charge in [0.05, 0.1) is 11.7 Å². The number of benzene rings is 1. The van der Waals surface area contributed by atoms with E-state index in [0.29, 0.717) is 24.4 Å². The molecule has 2 saturated heterocycles. The Hall–Kier alpha value is -1.88. The van der Waals surface area contributed by atoms with Crippen LogP contribution in [0.1, 0.15) is 61.9 Å². The van der Waals surface area contributed by atoms with Crippen LogP contribution in [0.3, 0.4) is 0 Å². The van der Waals surface area contributed by atoms with Crippen molar-refractivity contribution in [1.82, 2.24) is 10.2 Å². The molecule has 3 rings (SSSR count). The minimum absolute atomic E-state index is 0.0475. The fraction of sp³-hybridized carbons (Fsp3) is 0.636. The molecule has 1 spiro atoms. The highest BCUT2D eigenvalue weighted by molar-refractivity contribution is 5.94. The van der Waals surface area contributed by atoms with E-state index in [2.05, 4.69) is 19.2 Å². The van der Waals surface area contributed by atoms with Crippen LogP contribution >= 0.6 is 0 Å². The number of ether oxygens (including phenoxy) is 1. The maximum absolute atomic E-state index is 12.3. The van der Waals surface area contributed by atoms with Crippen LogP contribution in [0.4, 0.5) is 0 Å². The van der Waals surface area contributed by atoms with Gasteiger partial charge in [0.25, 0.3) is 5.91 Å². The Bertz CT molecular complexity index is 661. The van der Waals surface area contributed by atoms with E-state index in [9.17, 15) is 9.59 Å². The minimum Gasteiger partial charge on any atom is -0.370 e. The molecule has 0 bridgehead atoms. The van der Waals surface area contributed by atoms with E-state index in [4.69, 9.17) is 4.74 Å². The lowest BCUT2D eigenvalue weighted by Crippen LogP contribution is -2.47. The van der Waals surface area contributed by atoms with Gasteiger partial charge in [-0.3, -0.25) is 9.59 Å². The largest absolute Gasteiger partial charge is 0.370 e. The summed E-state index contributed by atoms with van der Waals surface area (Å²) < 4.78 is 6.35. The van der Waals surface area contributed by atoms with Crippen molar-refractivity contribution >= 4 is 11.8 Å². The van der Waals surface area contributed by atoms with Gasteiger partial charge >= 0.3 is 0 Å². The lowest BCUT2D eigenvalue weighted by molar-refractivity contribution is -0.138. The molecule has 2 aliphatic heterocycles. The first-order chi connectivity index (χ1) is 12.9. The molecule has 1 N–H and O–H groups in total. The molecule has 2 aliphatic rings. The van der Waals surface area contributed by atoms with E-state index in [-0.39, 0.29) is 23.5 Å². The van der Waals surface area contributed by atoms with Crippen LogP contribution in [0, 0.1) is 12.8 Å². The maximum Gasteiger partial charge on any atom is 0.251 e. The first-order valence-electron chi connectivity index (χ1n) is 10.2. The first-order valence-corrected chi connectivity index (χ1v) is 10.2. The quantitative estimate of drug-likeness (QED) is 0.863. The zero-order valence-electron chi connectivity index (χ0n) is 16.8. The van der Waals surface area contributed by atoms with Gasteiger partial charge in [-0.25, -0.2) is 0 Å². The molecule has 2 amide bonds. The van der Waals surface area contributed by atoms with Crippen molar-refractivity contribution in [3.05, 3.63) is 35.4 Å². The number of carbonyl (C=O) groups is 2. The van der Waals surface area contributed by atoms with E-state index < -0.39 is 0 Å². The van der Waals surface area contributed by atoms with Crippen LogP contribution in [-0.4, -0.2) is 48.1 Å². The molecule has 0 aromatic heterocycles. The monoisotopic (exact) mass is 372 g/mol. The average Bonchev–Trinajstić information content (AvgIpc) is 3.03. The van der Waals surface area contributed by atoms with Gasteiger partial charge < -0.3 is 15.0 Å². The van der Waals surface area contributed by atoms with Crippen molar-refractivity contribution in [2.75, 3.05) is 19.6 Å². The van der Waals surface area contributed by atoms with Gasteiger partial charge in [0.15, 0.2) is 0 Å². The summed E-state index contributed by atoms with van der Waals surface area (Å²) in [7, 11) is 0. The number of carbonyl (C=O) groups excluding carboxylic acids is 2. The smallest absolute Gasteiger partial charge is 0.251 e. The molecular weight excluding hydrogens is 340 g/mol. The van der Waals surface area contributed by atoms with Crippen LogP contribution in [0.25, 0.3) is 0 Å². The summed E-state index contributed by atoms with van der Waals surface area (Å²) in [5, 5.41) is 3.00. The van der Waals surface area contributed by atoms with Crippen LogP contribution < -0.4 is 5.32 Å². The molecule has 2 fully saturated rings. The standard InChI is InChI=1S/C22H32N2O3/c1-16(2)14-20(25)24-12-10-22(11-13-24)9-8-19(27-22)15-23-21(26)18-6-4-17(3)5-7-18/h4-7,16,19H,8-15H2,1-3H3,(H,23,26)/t19-/m1/s1. The lowest BCUT2D eigenvalue weighted by atomic mass is 9.88. The van der Waals surface area contributed by atoms with Crippen molar-refractivity contribution in [2.45, 2.75) is 64.6 Å². The molecule has 5 nitrogen and oxygen atoms in total. The van der Waals surface area contributed by atoms with Gasteiger partial charge in [0.2, 0.25) is 5.91 Å². The summed E-state index contributed by atoms with van der Waals surface area (Å²) >= 11 is 0. The number of nitrogens with one attached hydrogen (secondary N) is 1. The number of nitrogens with zero attached hydrogens (tertiary/aromatic N) is 1. The Morgan fingerprint density at radius 3 is 2.48 bits per heavy atom. The Labute approximate surface area is 162 Å². The molecule has 0 radical (unpaired) electrons. The van der Waals surface area contributed by atoms with Crippen LogP contribution in [0.5, 0.6) is 0 Å². The third-order valence-corrected chi connectivity index (χ3v) is 5.75. The minimum atomic E-state index is -0.103. The molecular formula is C22H32N2O3. The second kappa shape index (κ2) is 8.42. The second-order valence-corrected chi connectivity index (χ2v) is 8.52. The van der Waals surface area contributed by atoms with Crippen LogP contribution in [0.15, 0.2) is 24.3 Å². The molecule has 0 aliphatic carbocycles. The maximum atomic E-state index is 12.3. The molecule has 148 valence electrons. The van der Waals surface area contributed by atoms with Gasteiger partial charge in [0.1, 0.15) is 0 Å². The number of piperidine rings is 1. The van der Waals surface area contributed by atoms with Gasteiger partial charge in [-0.1, -0.05) is 31.5 Å². The van der Waals surface area contributed by atoms with Gasteiger partial charge in [-0.2, -0.15) is 0 Å². The van der Waals surface area contributed by atoms with E-state index in [1.54, 1.807) is 0 Å². The predicted octanol–water partition coefficient (Wildman–Crippen LogP) is 3.31. The summed E-state index contributed by atoms with van der Waals surface area (Å²) in [6.07, 6.45) is 4.48. The number of amides is 2. The Balaban J connectivity index is 1.44. The lowest BCUT2D eigenvalue weighted by Gasteiger charge is -2.39. The third kappa shape index (κ3) is 5.10. The SMILES string of the molecule is Cc1ccc(C(=O)NC[C@H]2CCC3(CCN(C(=O)CC(C)C)CC3)O2)cc1. The molecule has 27 heavy (non-hydrogen) atoms. The van der Waals surface area contributed by atoms with Crippen molar-refractivity contribution in [2.24, 2.45) is 5.92 Å². The topological polar surface area (TPSA) is 58.6 Å². The van der Waals surface area contributed by atoms with Crippen LogP contribution in [0.2, 0.25) is 0 Å².